The lowest BCUT2D eigenvalue weighted by Crippen LogP contribution is -2.28. The van der Waals surface area contributed by atoms with Gasteiger partial charge in [-0.3, -0.25) is 5.41 Å². The molecule has 0 bridgehead atoms. The Morgan fingerprint density at radius 2 is 1.70 bits per heavy atom. The maximum absolute atomic E-state index is 7.41. The number of anilines is 1. The number of nitrogens with one attached hydrogen (secondary N) is 1. The summed E-state index contributed by atoms with van der Waals surface area (Å²) in [6.07, 6.45) is 4.01. The Hall–Kier alpha value is -1.58. The molecule has 0 saturated heterocycles. The smallest absolute Gasteiger partial charge is 0.128 e. The molecule has 0 aliphatic rings. The first-order chi connectivity index (χ1) is 9.40. The minimum absolute atomic E-state index is 0.0694. The molecule has 4 nitrogen and oxygen atoms in total. The summed E-state index contributed by atoms with van der Waals surface area (Å²) in [4.78, 5) is 6.80. The number of nitrogen functional groups attached to an aromatic ring is 1. The zero-order chi connectivity index (χ0) is 15.1. The van der Waals surface area contributed by atoms with Gasteiger partial charge in [0.05, 0.1) is 0 Å². The van der Waals surface area contributed by atoms with Crippen LogP contribution in [-0.4, -0.2) is 23.9 Å². The van der Waals surface area contributed by atoms with E-state index >= 15 is 0 Å². The van der Waals surface area contributed by atoms with E-state index in [9.17, 15) is 0 Å². The Balaban J connectivity index is 2.76. The van der Waals surface area contributed by atoms with Crippen LogP contribution in [-0.2, 0) is 0 Å². The van der Waals surface area contributed by atoms with Crippen molar-refractivity contribution in [3.63, 3.8) is 0 Å². The number of pyridine rings is 1. The normalized spacial score (nSPS) is 11.1. The quantitative estimate of drug-likeness (QED) is 0.565. The SMILES string of the molecule is CC(C)CCN(CCC(C)C)c1ccc(C(=N)N)cn1. The van der Waals surface area contributed by atoms with Crippen molar-refractivity contribution in [1.29, 1.82) is 5.41 Å². The van der Waals surface area contributed by atoms with E-state index in [1.807, 2.05) is 12.1 Å². The molecule has 1 aromatic rings. The van der Waals surface area contributed by atoms with E-state index in [1.165, 1.54) is 0 Å². The van der Waals surface area contributed by atoms with E-state index in [2.05, 4.69) is 37.6 Å². The van der Waals surface area contributed by atoms with Crippen LogP contribution in [0.1, 0.15) is 46.1 Å². The Kier molecular flexibility index (Phi) is 6.49. The highest BCUT2D eigenvalue weighted by Crippen LogP contribution is 2.15. The van der Waals surface area contributed by atoms with Gasteiger partial charge in [0.25, 0.3) is 0 Å². The summed E-state index contributed by atoms with van der Waals surface area (Å²) >= 11 is 0. The number of aromatic nitrogens is 1. The van der Waals surface area contributed by atoms with Crippen molar-refractivity contribution < 1.29 is 0 Å². The standard InChI is InChI=1S/C16H28N4/c1-12(2)7-9-20(10-8-13(3)4)15-6-5-14(11-19-15)16(17)18/h5-6,11-13H,7-10H2,1-4H3,(H3,17,18). The zero-order valence-corrected chi connectivity index (χ0v) is 13.2. The Morgan fingerprint density at radius 1 is 1.15 bits per heavy atom. The number of hydrogen-bond donors (Lipinski definition) is 2. The minimum Gasteiger partial charge on any atom is -0.384 e. The third kappa shape index (κ3) is 5.59. The second kappa shape index (κ2) is 7.88. The van der Waals surface area contributed by atoms with E-state index in [0.29, 0.717) is 17.4 Å². The van der Waals surface area contributed by atoms with Crippen LogP contribution in [0, 0.1) is 17.2 Å². The van der Waals surface area contributed by atoms with Gasteiger partial charge in [0.1, 0.15) is 11.7 Å². The third-order valence-electron chi connectivity index (χ3n) is 3.34. The number of rotatable bonds is 8. The summed E-state index contributed by atoms with van der Waals surface area (Å²) in [6.45, 7) is 11.0. The molecule has 0 radical (unpaired) electrons. The van der Waals surface area contributed by atoms with Crippen LogP contribution in [0.25, 0.3) is 0 Å². The Morgan fingerprint density at radius 3 is 2.05 bits per heavy atom. The molecule has 20 heavy (non-hydrogen) atoms. The molecule has 0 aliphatic carbocycles. The van der Waals surface area contributed by atoms with Crippen molar-refractivity contribution in [2.45, 2.75) is 40.5 Å². The fourth-order valence-corrected chi connectivity index (χ4v) is 1.90. The van der Waals surface area contributed by atoms with Crippen LogP contribution >= 0.6 is 0 Å². The van der Waals surface area contributed by atoms with Gasteiger partial charge in [0.2, 0.25) is 0 Å². The largest absolute Gasteiger partial charge is 0.384 e. The summed E-state index contributed by atoms with van der Waals surface area (Å²) in [7, 11) is 0. The molecule has 112 valence electrons. The average Bonchev–Trinajstić information content (AvgIpc) is 2.38. The van der Waals surface area contributed by atoms with Crippen molar-refractivity contribution >= 4 is 11.7 Å². The third-order valence-corrected chi connectivity index (χ3v) is 3.34. The van der Waals surface area contributed by atoms with Crippen molar-refractivity contribution in [3.8, 4) is 0 Å². The van der Waals surface area contributed by atoms with Gasteiger partial charge in [-0.05, 0) is 36.8 Å². The maximum Gasteiger partial charge on any atom is 0.128 e. The first kappa shape index (κ1) is 16.5. The molecule has 0 saturated carbocycles. The van der Waals surface area contributed by atoms with Gasteiger partial charge < -0.3 is 10.6 Å². The molecule has 0 aliphatic heterocycles. The predicted octanol–water partition coefficient (Wildman–Crippen LogP) is 3.26. The van der Waals surface area contributed by atoms with Crippen molar-refractivity contribution in [3.05, 3.63) is 23.9 Å². The van der Waals surface area contributed by atoms with Gasteiger partial charge >= 0.3 is 0 Å². The van der Waals surface area contributed by atoms with Gasteiger partial charge in [-0.15, -0.1) is 0 Å². The molecule has 1 heterocycles. The Bertz CT molecular complexity index is 397. The van der Waals surface area contributed by atoms with Crippen LogP contribution in [0.5, 0.6) is 0 Å². The maximum atomic E-state index is 7.41. The zero-order valence-electron chi connectivity index (χ0n) is 13.2. The predicted molar refractivity (Wildman–Crippen MR) is 86.4 cm³/mol. The number of hydrogen-bond acceptors (Lipinski definition) is 3. The monoisotopic (exact) mass is 276 g/mol. The molecule has 4 heteroatoms. The molecule has 0 aromatic carbocycles. The molecule has 3 N–H and O–H groups in total. The average molecular weight is 276 g/mol. The first-order valence-corrected chi connectivity index (χ1v) is 7.45. The lowest BCUT2D eigenvalue weighted by atomic mass is 10.1. The summed E-state index contributed by atoms with van der Waals surface area (Å²) in [5.74, 6) is 2.43. The highest BCUT2D eigenvalue weighted by molar-refractivity contribution is 5.94. The van der Waals surface area contributed by atoms with Crippen LogP contribution < -0.4 is 10.6 Å². The topological polar surface area (TPSA) is 66.0 Å². The Labute approximate surface area is 122 Å². The van der Waals surface area contributed by atoms with Crippen LogP contribution in [0.15, 0.2) is 18.3 Å². The van der Waals surface area contributed by atoms with Crippen molar-refractivity contribution in [2.24, 2.45) is 17.6 Å². The number of nitrogens with two attached hydrogens (primary N) is 1. The summed E-state index contributed by atoms with van der Waals surface area (Å²) < 4.78 is 0. The molecule has 0 unspecified atom stereocenters. The van der Waals surface area contributed by atoms with E-state index in [4.69, 9.17) is 11.1 Å². The lowest BCUT2D eigenvalue weighted by Gasteiger charge is -2.25. The fraction of sp³-hybridized carbons (Fsp3) is 0.625. The second-order valence-corrected chi connectivity index (χ2v) is 6.17. The van der Waals surface area contributed by atoms with E-state index in [0.717, 1.165) is 31.7 Å². The van der Waals surface area contributed by atoms with E-state index < -0.39 is 0 Å². The molecule has 0 spiro atoms. The first-order valence-electron chi connectivity index (χ1n) is 7.45. The van der Waals surface area contributed by atoms with Crippen LogP contribution in [0.2, 0.25) is 0 Å². The molecule has 0 fully saturated rings. The molecule has 0 atom stereocenters. The van der Waals surface area contributed by atoms with Crippen molar-refractivity contribution in [1.82, 2.24) is 4.98 Å². The fourth-order valence-electron chi connectivity index (χ4n) is 1.90. The number of amidine groups is 1. The molecule has 1 rings (SSSR count). The molecular formula is C16H28N4. The van der Waals surface area contributed by atoms with Gasteiger partial charge in [-0.2, -0.15) is 0 Å². The number of nitrogens with zero attached hydrogens (tertiary/aromatic N) is 2. The summed E-state index contributed by atoms with van der Waals surface area (Å²) in [5, 5.41) is 7.41. The summed E-state index contributed by atoms with van der Waals surface area (Å²) in [6, 6.07) is 3.85. The van der Waals surface area contributed by atoms with E-state index in [1.54, 1.807) is 6.20 Å². The van der Waals surface area contributed by atoms with Crippen LogP contribution in [0.4, 0.5) is 5.82 Å². The minimum atomic E-state index is 0.0694. The highest BCUT2D eigenvalue weighted by Gasteiger charge is 2.10. The van der Waals surface area contributed by atoms with Gasteiger partial charge in [-0.25, -0.2) is 4.98 Å². The van der Waals surface area contributed by atoms with Crippen LogP contribution in [0.3, 0.4) is 0 Å². The van der Waals surface area contributed by atoms with Gasteiger partial charge in [-0.1, -0.05) is 27.7 Å². The van der Waals surface area contributed by atoms with E-state index in [-0.39, 0.29) is 5.84 Å². The molecule has 0 amide bonds. The second-order valence-electron chi connectivity index (χ2n) is 6.17. The highest BCUT2D eigenvalue weighted by atomic mass is 15.2. The summed E-state index contributed by atoms with van der Waals surface area (Å²) in [5.41, 5.74) is 6.15. The van der Waals surface area contributed by atoms with Gasteiger partial charge in [0, 0.05) is 24.8 Å². The lowest BCUT2D eigenvalue weighted by molar-refractivity contribution is 0.533. The molecular weight excluding hydrogens is 248 g/mol. The van der Waals surface area contributed by atoms with Crippen molar-refractivity contribution in [2.75, 3.05) is 18.0 Å². The van der Waals surface area contributed by atoms with Gasteiger partial charge in [0.15, 0.2) is 0 Å². The molecule has 1 aromatic heterocycles.